The molecule has 68 valence electrons. The van der Waals surface area contributed by atoms with Crippen LogP contribution in [0.4, 0.5) is 0 Å². The van der Waals surface area contributed by atoms with Gasteiger partial charge in [0.1, 0.15) is 0 Å². The van der Waals surface area contributed by atoms with Gasteiger partial charge in [-0.2, -0.15) is 0 Å². The van der Waals surface area contributed by atoms with Crippen LogP contribution in [-0.2, 0) is 0 Å². The maximum absolute atomic E-state index is 8.22. The van der Waals surface area contributed by atoms with Crippen molar-refractivity contribution in [3.05, 3.63) is 33.0 Å². The highest BCUT2D eigenvalue weighted by molar-refractivity contribution is 5.02. The highest BCUT2D eigenvalue weighted by atomic mass is 15.2. The van der Waals surface area contributed by atoms with Gasteiger partial charge >= 0.3 is 0 Å². The molecule has 0 aromatic carbocycles. The molecule has 1 aliphatic carbocycles. The predicted molar refractivity (Wildman–Crippen MR) is 48.9 cm³/mol. The van der Waals surface area contributed by atoms with Gasteiger partial charge in [-0.05, 0) is 23.9 Å². The minimum Gasteiger partial charge on any atom is -0.0866 e. The van der Waals surface area contributed by atoms with Crippen LogP contribution in [0, 0.1) is 0 Å². The van der Waals surface area contributed by atoms with Crippen LogP contribution in [0.3, 0.4) is 0 Å². The van der Waals surface area contributed by atoms with Crippen LogP contribution < -0.4 is 0 Å². The topological polar surface area (TPSA) is 97.5 Å². The Morgan fingerprint density at radius 2 is 1.46 bits per heavy atom. The number of azide groups is 2. The zero-order valence-corrected chi connectivity index (χ0v) is 7.11. The van der Waals surface area contributed by atoms with Crippen molar-refractivity contribution in [2.24, 2.45) is 10.2 Å². The predicted octanol–water partition coefficient (Wildman–Crippen LogP) is 3.08. The molecule has 0 amide bonds. The monoisotopic (exact) mass is 178 g/mol. The van der Waals surface area contributed by atoms with Gasteiger partial charge in [0.05, 0.1) is 12.1 Å². The summed E-state index contributed by atoms with van der Waals surface area (Å²) in [6.45, 7) is 0. The second-order valence-electron chi connectivity index (χ2n) is 2.86. The lowest BCUT2D eigenvalue weighted by Crippen LogP contribution is -1.96. The van der Waals surface area contributed by atoms with Gasteiger partial charge in [0.25, 0.3) is 0 Å². The summed E-state index contributed by atoms with van der Waals surface area (Å²) >= 11 is 0. The third-order valence-electron chi connectivity index (χ3n) is 1.96. The Morgan fingerprint density at radius 3 is 1.85 bits per heavy atom. The highest BCUT2D eigenvalue weighted by Crippen LogP contribution is 2.16. The molecule has 2 atom stereocenters. The average Bonchev–Trinajstić information content (AvgIpc) is 2.33. The molecule has 0 bridgehead atoms. The Balaban J connectivity index is 2.64. The van der Waals surface area contributed by atoms with Gasteiger partial charge in [0.15, 0.2) is 0 Å². The fourth-order valence-electron chi connectivity index (χ4n) is 1.31. The lowest BCUT2D eigenvalue weighted by molar-refractivity contribution is 0.620. The molecule has 0 saturated heterocycles. The molecule has 6 nitrogen and oxygen atoms in total. The van der Waals surface area contributed by atoms with Crippen molar-refractivity contribution in [2.45, 2.75) is 31.3 Å². The van der Waals surface area contributed by atoms with Crippen LogP contribution in [0.5, 0.6) is 0 Å². The van der Waals surface area contributed by atoms with Crippen molar-refractivity contribution in [3.8, 4) is 0 Å². The SMILES string of the molecule is [N-]=[N+]=NC1C=CC(N=[N+]=[N-])CCC1. The first-order valence-corrected chi connectivity index (χ1v) is 4.13. The summed E-state index contributed by atoms with van der Waals surface area (Å²) < 4.78 is 0. The number of rotatable bonds is 2. The molecule has 0 aliphatic heterocycles. The van der Waals surface area contributed by atoms with Crippen LogP contribution in [0.25, 0.3) is 20.9 Å². The molecular weight excluding hydrogens is 168 g/mol. The second kappa shape index (κ2) is 5.09. The van der Waals surface area contributed by atoms with Crippen molar-refractivity contribution in [2.75, 3.05) is 0 Å². The van der Waals surface area contributed by atoms with E-state index in [1.165, 1.54) is 0 Å². The minimum atomic E-state index is -0.0797. The maximum Gasteiger partial charge on any atom is 0.0555 e. The first-order chi connectivity index (χ1) is 6.36. The van der Waals surface area contributed by atoms with E-state index in [9.17, 15) is 0 Å². The molecule has 13 heavy (non-hydrogen) atoms. The van der Waals surface area contributed by atoms with E-state index in [0.29, 0.717) is 0 Å². The molecule has 0 fully saturated rings. The van der Waals surface area contributed by atoms with Crippen LogP contribution in [0.15, 0.2) is 22.4 Å². The summed E-state index contributed by atoms with van der Waals surface area (Å²) in [4.78, 5) is 5.48. The third kappa shape index (κ3) is 3.07. The normalized spacial score (nSPS) is 26.8. The molecule has 0 radical (unpaired) electrons. The fraction of sp³-hybridized carbons (Fsp3) is 0.714. The van der Waals surface area contributed by atoms with E-state index in [0.717, 1.165) is 19.3 Å². The van der Waals surface area contributed by atoms with Crippen LogP contribution >= 0.6 is 0 Å². The van der Waals surface area contributed by atoms with Gasteiger partial charge in [0, 0.05) is 9.82 Å². The maximum atomic E-state index is 8.22. The molecule has 0 heterocycles. The van der Waals surface area contributed by atoms with E-state index in [4.69, 9.17) is 11.1 Å². The molecule has 2 unspecified atom stereocenters. The first-order valence-electron chi connectivity index (χ1n) is 4.13. The van der Waals surface area contributed by atoms with Crippen molar-refractivity contribution in [1.29, 1.82) is 0 Å². The van der Waals surface area contributed by atoms with E-state index in [1.54, 1.807) is 0 Å². The van der Waals surface area contributed by atoms with E-state index in [1.807, 2.05) is 12.2 Å². The molecule has 0 aromatic heterocycles. The molecule has 6 heteroatoms. The molecule has 1 aliphatic rings. The number of hydrogen-bond donors (Lipinski definition) is 0. The largest absolute Gasteiger partial charge is 0.0866 e. The Labute approximate surface area is 75.5 Å². The van der Waals surface area contributed by atoms with Crippen molar-refractivity contribution in [1.82, 2.24) is 0 Å². The Kier molecular flexibility index (Phi) is 3.70. The Bertz CT molecular complexity index is 255. The molecule has 0 N–H and O–H groups in total. The summed E-state index contributed by atoms with van der Waals surface area (Å²) in [7, 11) is 0. The number of nitrogens with zero attached hydrogens (tertiary/aromatic N) is 6. The van der Waals surface area contributed by atoms with E-state index in [2.05, 4.69) is 20.1 Å². The van der Waals surface area contributed by atoms with Gasteiger partial charge in [-0.25, -0.2) is 0 Å². The minimum absolute atomic E-state index is 0.0797. The highest BCUT2D eigenvalue weighted by Gasteiger charge is 2.10. The van der Waals surface area contributed by atoms with Crippen molar-refractivity contribution in [3.63, 3.8) is 0 Å². The molecular formula is C7H10N6. The summed E-state index contributed by atoms with van der Waals surface area (Å²) in [5.41, 5.74) is 16.4. The molecule has 0 saturated carbocycles. The van der Waals surface area contributed by atoms with E-state index >= 15 is 0 Å². The van der Waals surface area contributed by atoms with Crippen LogP contribution in [0.1, 0.15) is 19.3 Å². The second-order valence-corrected chi connectivity index (χ2v) is 2.86. The van der Waals surface area contributed by atoms with Crippen LogP contribution in [0.2, 0.25) is 0 Å². The molecule has 0 spiro atoms. The molecule has 0 aromatic rings. The smallest absolute Gasteiger partial charge is 0.0555 e. The lowest BCUT2D eigenvalue weighted by atomic mass is 10.1. The lowest BCUT2D eigenvalue weighted by Gasteiger charge is -2.00. The van der Waals surface area contributed by atoms with E-state index < -0.39 is 0 Å². The van der Waals surface area contributed by atoms with Gasteiger partial charge in [0.2, 0.25) is 0 Å². The zero-order chi connectivity index (χ0) is 9.52. The Morgan fingerprint density at radius 1 is 1.00 bits per heavy atom. The average molecular weight is 178 g/mol. The fourth-order valence-corrected chi connectivity index (χ4v) is 1.31. The first kappa shape index (κ1) is 9.45. The third-order valence-corrected chi connectivity index (χ3v) is 1.96. The van der Waals surface area contributed by atoms with Gasteiger partial charge < -0.3 is 0 Å². The standard InChI is InChI=1S/C7H10N6/c8-12-10-6-2-1-3-7(5-4-6)11-13-9/h4-7H,1-3H2. The zero-order valence-electron chi connectivity index (χ0n) is 7.11. The van der Waals surface area contributed by atoms with Crippen LogP contribution in [-0.4, -0.2) is 12.1 Å². The summed E-state index contributed by atoms with van der Waals surface area (Å²) in [6, 6.07) is -0.159. The van der Waals surface area contributed by atoms with Crippen molar-refractivity contribution >= 4 is 0 Å². The molecule has 1 rings (SSSR count). The van der Waals surface area contributed by atoms with Gasteiger partial charge in [-0.1, -0.05) is 28.8 Å². The summed E-state index contributed by atoms with van der Waals surface area (Å²) in [6.07, 6.45) is 6.20. The quantitative estimate of drug-likeness (QED) is 0.268. The Hall–Kier alpha value is -1.64. The van der Waals surface area contributed by atoms with Gasteiger partial charge in [-0.15, -0.1) is 0 Å². The van der Waals surface area contributed by atoms with Crippen molar-refractivity contribution < 1.29 is 0 Å². The summed E-state index contributed by atoms with van der Waals surface area (Å²) in [5, 5.41) is 7.19. The summed E-state index contributed by atoms with van der Waals surface area (Å²) in [5.74, 6) is 0. The van der Waals surface area contributed by atoms with Gasteiger partial charge in [-0.3, -0.25) is 0 Å². The van der Waals surface area contributed by atoms with E-state index in [-0.39, 0.29) is 12.1 Å². The number of hydrogen-bond acceptors (Lipinski definition) is 2.